The molecule has 0 spiro atoms. The summed E-state index contributed by atoms with van der Waals surface area (Å²) in [5.74, 6) is 2.41. The lowest BCUT2D eigenvalue weighted by Crippen LogP contribution is -2.63. The summed E-state index contributed by atoms with van der Waals surface area (Å²) in [5.41, 5.74) is 0. The summed E-state index contributed by atoms with van der Waals surface area (Å²) in [6.07, 6.45) is 10.3. The van der Waals surface area contributed by atoms with Crippen molar-refractivity contribution in [2.45, 2.75) is 88.9 Å². The van der Waals surface area contributed by atoms with Crippen LogP contribution >= 0.6 is 0 Å². The van der Waals surface area contributed by atoms with Crippen molar-refractivity contribution in [1.29, 1.82) is 0 Å². The van der Waals surface area contributed by atoms with E-state index in [0.717, 1.165) is 76.0 Å². The molecule has 1 atom stereocenters. The first-order valence-corrected chi connectivity index (χ1v) is 13.9. The Bertz CT molecular complexity index is 495. The molecule has 3 fully saturated rings. The number of ether oxygens (including phenoxy) is 1. The van der Waals surface area contributed by atoms with E-state index in [4.69, 9.17) is 4.74 Å². The van der Waals surface area contributed by atoms with Gasteiger partial charge in [-0.2, -0.15) is 0 Å². The van der Waals surface area contributed by atoms with Gasteiger partial charge in [-0.05, 0) is 76.3 Å². The van der Waals surface area contributed by atoms with Crippen molar-refractivity contribution in [3.63, 3.8) is 0 Å². The van der Waals surface area contributed by atoms with Crippen molar-refractivity contribution in [2.24, 2.45) is 11.8 Å². The van der Waals surface area contributed by atoms with Crippen molar-refractivity contribution in [1.82, 2.24) is 20.9 Å². The fraction of sp³-hybridized carbons (Fsp3) is 1.00. The molecule has 0 aromatic rings. The zero-order valence-corrected chi connectivity index (χ0v) is 20.4. The quantitative estimate of drug-likeness (QED) is 0.482. The van der Waals surface area contributed by atoms with Gasteiger partial charge in [0.2, 0.25) is 0 Å². The van der Waals surface area contributed by atoms with Gasteiger partial charge >= 0.3 is 0 Å². The molecule has 1 aliphatic heterocycles. The maximum absolute atomic E-state index is 12.7. The first-order chi connectivity index (χ1) is 14.6. The Morgan fingerprint density at radius 2 is 1.57 bits per heavy atom. The van der Waals surface area contributed by atoms with E-state index in [9.17, 15) is 4.21 Å². The van der Waals surface area contributed by atoms with Crippen LogP contribution in [0.15, 0.2) is 0 Å². The fourth-order valence-corrected chi connectivity index (χ4v) is 7.15. The second-order valence-corrected chi connectivity index (χ2v) is 11.4. The van der Waals surface area contributed by atoms with Crippen molar-refractivity contribution in [3.8, 4) is 0 Å². The molecule has 3 aliphatic rings. The molecule has 3 rings (SSSR count). The van der Waals surface area contributed by atoms with E-state index in [-0.39, 0.29) is 6.29 Å². The van der Waals surface area contributed by atoms with E-state index in [1.807, 2.05) is 7.11 Å². The number of nitrogens with one attached hydrogen (secondary N) is 3. The van der Waals surface area contributed by atoms with Gasteiger partial charge < -0.3 is 9.64 Å². The predicted molar refractivity (Wildman–Crippen MR) is 126 cm³/mol. The third-order valence-electron chi connectivity index (χ3n) is 7.84. The van der Waals surface area contributed by atoms with Crippen LogP contribution in [0.2, 0.25) is 0 Å². The van der Waals surface area contributed by atoms with Gasteiger partial charge in [-0.1, -0.05) is 13.8 Å². The third-order valence-corrected chi connectivity index (χ3v) is 9.64. The van der Waals surface area contributed by atoms with E-state index >= 15 is 0 Å². The van der Waals surface area contributed by atoms with Crippen LogP contribution in [-0.4, -0.2) is 78.4 Å². The standard InChI is InChI=1S/C23H46N4O2S/c1-4-27(5-2)14-15-30(28)22-12-8-20(9-13-22)26-23-24-16-19(17-25-23)18-6-10-21(29-3)11-7-18/h18-26H,4-17H2,1-3H3. The van der Waals surface area contributed by atoms with Gasteiger partial charge in [-0.3, -0.25) is 20.2 Å². The summed E-state index contributed by atoms with van der Waals surface area (Å²) in [6.45, 7) is 9.68. The molecule has 2 aliphatic carbocycles. The summed E-state index contributed by atoms with van der Waals surface area (Å²) in [4.78, 5) is 2.38. The molecule has 7 heteroatoms. The number of hydrogen-bond acceptors (Lipinski definition) is 6. The van der Waals surface area contributed by atoms with Crippen LogP contribution < -0.4 is 16.0 Å². The minimum absolute atomic E-state index is 0.228. The summed E-state index contributed by atoms with van der Waals surface area (Å²) in [7, 11) is 1.18. The van der Waals surface area contributed by atoms with Crippen LogP contribution in [0.4, 0.5) is 0 Å². The molecule has 0 aromatic heterocycles. The first kappa shape index (κ1) is 24.6. The molecule has 0 bridgehead atoms. The molecular weight excluding hydrogens is 396 g/mol. The summed E-state index contributed by atoms with van der Waals surface area (Å²) < 4.78 is 18.2. The van der Waals surface area contributed by atoms with Gasteiger partial charge in [0.05, 0.1) is 6.10 Å². The zero-order valence-electron chi connectivity index (χ0n) is 19.5. The zero-order chi connectivity index (χ0) is 21.3. The van der Waals surface area contributed by atoms with E-state index in [1.165, 1.54) is 25.7 Å². The predicted octanol–water partition coefficient (Wildman–Crippen LogP) is 2.28. The van der Waals surface area contributed by atoms with E-state index in [2.05, 4.69) is 34.7 Å². The highest BCUT2D eigenvalue weighted by atomic mass is 32.2. The molecule has 176 valence electrons. The molecular formula is C23H46N4O2S. The molecule has 3 N–H and O–H groups in total. The van der Waals surface area contributed by atoms with Crippen molar-refractivity contribution in [2.75, 3.05) is 45.6 Å². The van der Waals surface area contributed by atoms with Crippen LogP contribution in [-0.2, 0) is 15.5 Å². The molecule has 6 nitrogen and oxygen atoms in total. The lowest BCUT2D eigenvalue weighted by Gasteiger charge is -2.40. The summed E-state index contributed by atoms with van der Waals surface area (Å²) in [6, 6.07) is 0.541. The maximum Gasteiger partial charge on any atom is 0.112 e. The van der Waals surface area contributed by atoms with Crippen LogP contribution in [0, 0.1) is 11.8 Å². The van der Waals surface area contributed by atoms with E-state index in [1.54, 1.807) is 0 Å². The van der Waals surface area contributed by atoms with Gasteiger partial charge in [0.25, 0.3) is 0 Å². The average Bonchev–Trinajstić information content (AvgIpc) is 2.80. The number of rotatable bonds is 10. The average molecular weight is 443 g/mol. The van der Waals surface area contributed by atoms with Crippen LogP contribution in [0.3, 0.4) is 0 Å². The second kappa shape index (κ2) is 12.9. The minimum atomic E-state index is -0.673. The molecule has 0 radical (unpaired) electrons. The second-order valence-electron chi connectivity index (χ2n) is 9.53. The topological polar surface area (TPSA) is 65.6 Å². The van der Waals surface area contributed by atoms with Gasteiger partial charge in [0.15, 0.2) is 0 Å². The van der Waals surface area contributed by atoms with E-state index in [0.29, 0.717) is 17.4 Å². The molecule has 0 amide bonds. The monoisotopic (exact) mass is 442 g/mol. The Kier molecular flexibility index (Phi) is 10.5. The van der Waals surface area contributed by atoms with Gasteiger partial charge in [0.1, 0.15) is 6.29 Å². The maximum atomic E-state index is 12.7. The first-order valence-electron chi connectivity index (χ1n) is 12.5. The van der Waals surface area contributed by atoms with Crippen LogP contribution in [0.5, 0.6) is 0 Å². The molecule has 2 saturated carbocycles. The van der Waals surface area contributed by atoms with Gasteiger partial charge in [0, 0.05) is 54.6 Å². The summed E-state index contributed by atoms with van der Waals surface area (Å²) in [5, 5.41) is 11.6. The number of nitrogens with zero attached hydrogens (tertiary/aromatic N) is 1. The van der Waals surface area contributed by atoms with Crippen molar-refractivity contribution >= 4 is 10.8 Å². The number of methoxy groups -OCH3 is 1. The number of hydrogen-bond donors (Lipinski definition) is 3. The minimum Gasteiger partial charge on any atom is -0.381 e. The third kappa shape index (κ3) is 7.24. The lowest BCUT2D eigenvalue weighted by molar-refractivity contribution is 0.0415. The smallest absolute Gasteiger partial charge is 0.112 e. The van der Waals surface area contributed by atoms with Crippen molar-refractivity contribution < 1.29 is 8.95 Å². The van der Waals surface area contributed by atoms with Gasteiger partial charge in [-0.25, -0.2) is 0 Å². The molecule has 1 saturated heterocycles. The Morgan fingerprint density at radius 1 is 0.933 bits per heavy atom. The highest BCUT2D eigenvalue weighted by Crippen LogP contribution is 2.32. The highest BCUT2D eigenvalue weighted by molar-refractivity contribution is 7.85. The highest BCUT2D eigenvalue weighted by Gasteiger charge is 2.32. The Hall–Kier alpha value is -0.0500. The largest absolute Gasteiger partial charge is 0.381 e. The Labute approximate surface area is 187 Å². The fourth-order valence-electron chi connectivity index (χ4n) is 5.58. The van der Waals surface area contributed by atoms with Crippen molar-refractivity contribution in [3.05, 3.63) is 0 Å². The van der Waals surface area contributed by atoms with Crippen LogP contribution in [0.25, 0.3) is 0 Å². The lowest BCUT2D eigenvalue weighted by atomic mass is 9.78. The molecule has 30 heavy (non-hydrogen) atoms. The SMILES string of the molecule is CCN(CC)CCS(=O)C1CCC(NC2NCC(C3CCC(OC)CC3)CN2)CC1. The van der Waals surface area contributed by atoms with Gasteiger partial charge in [-0.15, -0.1) is 0 Å². The Balaban J connectivity index is 1.30. The van der Waals surface area contributed by atoms with Crippen LogP contribution in [0.1, 0.15) is 65.2 Å². The normalized spacial score (nSPS) is 36.7. The van der Waals surface area contributed by atoms with E-state index < -0.39 is 10.8 Å². The molecule has 0 aromatic carbocycles. The molecule has 1 unspecified atom stereocenters. The molecule has 1 heterocycles. The summed E-state index contributed by atoms with van der Waals surface area (Å²) >= 11 is 0. The Morgan fingerprint density at radius 3 is 2.13 bits per heavy atom.